The van der Waals surface area contributed by atoms with E-state index in [4.69, 9.17) is 5.73 Å². The molecule has 0 atom stereocenters. The number of anilines is 1. The molecule has 4 heteroatoms. The molecule has 72 valence electrons. The van der Waals surface area contributed by atoms with Crippen molar-refractivity contribution in [2.75, 3.05) is 5.73 Å². The molecule has 0 aliphatic rings. The summed E-state index contributed by atoms with van der Waals surface area (Å²) >= 11 is 1.46. The largest absolute Gasteiger partial charge is 0.375 e. The van der Waals surface area contributed by atoms with Crippen molar-refractivity contribution in [1.82, 2.24) is 9.97 Å². The molecule has 2 aromatic rings. The van der Waals surface area contributed by atoms with E-state index in [1.165, 1.54) is 11.3 Å². The first-order chi connectivity index (χ1) is 6.74. The van der Waals surface area contributed by atoms with Crippen LogP contribution < -0.4 is 5.73 Å². The van der Waals surface area contributed by atoms with E-state index in [1.54, 1.807) is 0 Å². The van der Waals surface area contributed by atoms with Crippen LogP contribution in [-0.2, 0) is 0 Å². The Morgan fingerprint density at radius 3 is 3.07 bits per heavy atom. The van der Waals surface area contributed by atoms with Gasteiger partial charge in [-0.2, -0.15) is 0 Å². The fraction of sp³-hybridized carbons (Fsp3) is 0.100. The van der Waals surface area contributed by atoms with Gasteiger partial charge in [0, 0.05) is 5.69 Å². The molecular formula is C10H11N3S. The summed E-state index contributed by atoms with van der Waals surface area (Å²) in [5.41, 5.74) is 8.61. The monoisotopic (exact) mass is 205 g/mol. The fourth-order valence-corrected chi connectivity index (χ4v) is 2.09. The second-order valence-electron chi connectivity index (χ2n) is 2.90. The predicted octanol–water partition coefficient (Wildman–Crippen LogP) is 2.80. The van der Waals surface area contributed by atoms with Crippen LogP contribution in [0.2, 0.25) is 0 Å². The highest BCUT2D eigenvalue weighted by atomic mass is 32.1. The molecule has 2 heterocycles. The van der Waals surface area contributed by atoms with Crippen LogP contribution in [0, 0.1) is 0 Å². The number of nitrogens with two attached hydrogens (primary N) is 1. The normalized spacial score (nSPS) is 12.2. The Morgan fingerprint density at radius 1 is 1.71 bits per heavy atom. The van der Waals surface area contributed by atoms with Crippen LogP contribution in [0.15, 0.2) is 24.8 Å². The van der Waals surface area contributed by atoms with Crippen LogP contribution in [0.4, 0.5) is 5.13 Å². The Labute approximate surface area is 86.0 Å². The van der Waals surface area contributed by atoms with Gasteiger partial charge in [0.15, 0.2) is 5.13 Å². The summed E-state index contributed by atoms with van der Waals surface area (Å²) in [5, 5.41) is 0.596. The van der Waals surface area contributed by atoms with Crippen LogP contribution in [0.25, 0.3) is 15.9 Å². The molecule has 3 nitrogen and oxygen atoms in total. The van der Waals surface area contributed by atoms with Crippen LogP contribution in [0.1, 0.15) is 12.6 Å². The number of H-pyrrole nitrogens is 1. The van der Waals surface area contributed by atoms with E-state index in [0.717, 1.165) is 21.6 Å². The maximum atomic E-state index is 5.58. The molecule has 0 unspecified atom stereocenters. The van der Waals surface area contributed by atoms with E-state index in [1.807, 2.05) is 25.1 Å². The minimum atomic E-state index is 0.596. The van der Waals surface area contributed by atoms with Gasteiger partial charge in [-0.1, -0.05) is 30.1 Å². The molecule has 0 aliphatic heterocycles. The lowest BCUT2D eigenvalue weighted by Crippen LogP contribution is -1.81. The lowest BCUT2D eigenvalue weighted by Gasteiger charge is -1.94. The first-order valence-corrected chi connectivity index (χ1v) is 5.10. The van der Waals surface area contributed by atoms with Crippen LogP contribution in [-0.4, -0.2) is 9.97 Å². The van der Waals surface area contributed by atoms with Gasteiger partial charge in [0.2, 0.25) is 0 Å². The topological polar surface area (TPSA) is 54.7 Å². The number of fused-ring (bicyclic) bond motifs is 1. The highest BCUT2D eigenvalue weighted by molar-refractivity contribution is 7.21. The average molecular weight is 205 g/mol. The highest BCUT2D eigenvalue weighted by Crippen LogP contribution is 2.26. The van der Waals surface area contributed by atoms with E-state index in [2.05, 4.69) is 16.5 Å². The van der Waals surface area contributed by atoms with E-state index in [9.17, 15) is 0 Å². The van der Waals surface area contributed by atoms with Gasteiger partial charge in [-0.3, -0.25) is 0 Å². The van der Waals surface area contributed by atoms with Crippen molar-refractivity contribution >= 4 is 32.4 Å². The first kappa shape index (κ1) is 9.02. The molecule has 0 aromatic carbocycles. The number of nitrogen functional groups attached to an aromatic ring is 1. The second-order valence-corrected chi connectivity index (χ2v) is 3.93. The Kier molecular flexibility index (Phi) is 2.13. The molecule has 0 fully saturated rings. The SMILES string of the molecule is C=C/C(=C\C)c1cc2nc(N)sc2[nH]1. The van der Waals surface area contributed by atoms with Gasteiger partial charge in [-0.25, -0.2) is 4.98 Å². The van der Waals surface area contributed by atoms with Gasteiger partial charge in [-0.05, 0) is 18.6 Å². The van der Waals surface area contributed by atoms with Crippen LogP contribution >= 0.6 is 11.3 Å². The number of rotatable bonds is 2. The van der Waals surface area contributed by atoms with Crippen LogP contribution in [0.3, 0.4) is 0 Å². The number of nitrogens with zero attached hydrogens (tertiary/aromatic N) is 1. The quantitative estimate of drug-likeness (QED) is 0.741. The summed E-state index contributed by atoms with van der Waals surface area (Å²) in [4.78, 5) is 8.46. The summed E-state index contributed by atoms with van der Waals surface area (Å²) in [6.45, 7) is 5.73. The lowest BCUT2D eigenvalue weighted by molar-refractivity contribution is 1.42. The highest BCUT2D eigenvalue weighted by Gasteiger charge is 2.06. The summed E-state index contributed by atoms with van der Waals surface area (Å²) in [7, 11) is 0. The van der Waals surface area contributed by atoms with E-state index in [-0.39, 0.29) is 0 Å². The second kappa shape index (κ2) is 3.31. The third-order valence-corrected chi connectivity index (χ3v) is 2.86. The molecule has 0 saturated heterocycles. The molecule has 0 radical (unpaired) electrons. The van der Waals surface area contributed by atoms with Crippen LogP contribution in [0.5, 0.6) is 0 Å². The first-order valence-electron chi connectivity index (χ1n) is 4.28. The summed E-state index contributed by atoms with van der Waals surface area (Å²) < 4.78 is 0. The van der Waals surface area contributed by atoms with Gasteiger partial charge < -0.3 is 10.7 Å². The molecule has 0 amide bonds. The Hall–Kier alpha value is -1.55. The van der Waals surface area contributed by atoms with Gasteiger partial charge >= 0.3 is 0 Å². The standard InChI is InChI=1S/C10H11N3S/c1-3-6(4-2)7-5-8-9(12-7)14-10(11)13-8/h3-5,12H,1H2,2H3,(H2,11,13)/b6-4+. The molecular weight excluding hydrogens is 194 g/mol. The molecule has 3 N–H and O–H groups in total. The van der Waals surface area contributed by atoms with E-state index in [0.29, 0.717) is 5.13 Å². The fourth-order valence-electron chi connectivity index (χ4n) is 1.37. The number of thiazole rings is 1. The zero-order chi connectivity index (χ0) is 10.1. The predicted molar refractivity (Wildman–Crippen MR) is 62.2 cm³/mol. The van der Waals surface area contributed by atoms with E-state index >= 15 is 0 Å². The lowest BCUT2D eigenvalue weighted by atomic mass is 10.2. The molecule has 0 saturated carbocycles. The molecule has 0 bridgehead atoms. The Morgan fingerprint density at radius 2 is 2.50 bits per heavy atom. The van der Waals surface area contributed by atoms with Crippen molar-refractivity contribution in [3.05, 3.63) is 30.5 Å². The maximum absolute atomic E-state index is 5.58. The van der Waals surface area contributed by atoms with Crippen molar-refractivity contribution in [3.63, 3.8) is 0 Å². The minimum absolute atomic E-state index is 0.596. The van der Waals surface area contributed by atoms with Crippen molar-refractivity contribution < 1.29 is 0 Å². The molecule has 0 aliphatic carbocycles. The maximum Gasteiger partial charge on any atom is 0.182 e. The number of hydrogen-bond acceptors (Lipinski definition) is 3. The van der Waals surface area contributed by atoms with Gasteiger partial charge in [0.05, 0.1) is 0 Å². The van der Waals surface area contributed by atoms with Crippen molar-refractivity contribution in [3.8, 4) is 0 Å². The Bertz CT molecular complexity index is 473. The van der Waals surface area contributed by atoms with Crippen molar-refractivity contribution in [2.45, 2.75) is 6.92 Å². The smallest absolute Gasteiger partial charge is 0.182 e. The third-order valence-electron chi connectivity index (χ3n) is 2.04. The minimum Gasteiger partial charge on any atom is -0.375 e. The van der Waals surface area contributed by atoms with Crippen molar-refractivity contribution in [2.24, 2.45) is 0 Å². The summed E-state index contributed by atoms with van der Waals surface area (Å²) in [6, 6.07) is 1.99. The van der Waals surface area contributed by atoms with Gasteiger partial charge in [0.1, 0.15) is 10.3 Å². The molecule has 14 heavy (non-hydrogen) atoms. The zero-order valence-corrected chi connectivity index (χ0v) is 8.69. The zero-order valence-electron chi connectivity index (χ0n) is 7.87. The van der Waals surface area contributed by atoms with Gasteiger partial charge in [0.25, 0.3) is 0 Å². The summed E-state index contributed by atoms with van der Waals surface area (Å²) in [6.07, 6.45) is 3.82. The number of aromatic nitrogens is 2. The summed E-state index contributed by atoms with van der Waals surface area (Å²) in [5.74, 6) is 0. The molecule has 2 aromatic heterocycles. The third kappa shape index (κ3) is 1.33. The van der Waals surface area contributed by atoms with E-state index < -0.39 is 0 Å². The Balaban J connectivity index is 2.55. The van der Waals surface area contributed by atoms with Crippen molar-refractivity contribution in [1.29, 1.82) is 0 Å². The number of aromatic amines is 1. The van der Waals surface area contributed by atoms with Gasteiger partial charge in [-0.15, -0.1) is 0 Å². The number of allylic oxidation sites excluding steroid dienone is 3. The molecule has 0 spiro atoms. The molecule has 2 rings (SSSR count). The number of hydrogen-bond donors (Lipinski definition) is 2. The number of nitrogens with one attached hydrogen (secondary N) is 1. The average Bonchev–Trinajstić information content (AvgIpc) is 2.63.